The standard InChI is InChI=1S/C38H20N2O2/c39-21-23-9-1-2-10-25(23)32-19-24(26-13-7-14-29-27-11-3-5-17-35(27)41-37(26)29)20-33(34(32)22-40)31-16-8-15-30-28-12-4-6-18-36(28)42-38(30)31/h1-20H. The van der Waals surface area contributed by atoms with E-state index in [0.717, 1.165) is 60.5 Å². The maximum atomic E-state index is 10.6. The van der Waals surface area contributed by atoms with Gasteiger partial charge in [0.25, 0.3) is 0 Å². The second-order valence-corrected chi connectivity index (χ2v) is 10.3. The van der Waals surface area contributed by atoms with E-state index in [-0.39, 0.29) is 0 Å². The van der Waals surface area contributed by atoms with Gasteiger partial charge in [-0.3, -0.25) is 0 Å². The highest BCUT2D eigenvalue weighted by Gasteiger charge is 2.22. The number of fused-ring (bicyclic) bond motifs is 6. The van der Waals surface area contributed by atoms with E-state index in [1.165, 1.54) is 0 Å². The number of rotatable bonds is 3. The van der Waals surface area contributed by atoms with Gasteiger partial charge in [0.1, 0.15) is 28.4 Å². The van der Waals surface area contributed by atoms with E-state index in [1.54, 1.807) is 6.07 Å². The predicted molar refractivity (Wildman–Crippen MR) is 167 cm³/mol. The summed E-state index contributed by atoms with van der Waals surface area (Å²) in [4.78, 5) is 0. The van der Waals surface area contributed by atoms with Crippen molar-refractivity contribution < 1.29 is 8.83 Å². The van der Waals surface area contributed by atoms with Crippen LogP contribution in [0.1, 0.15) is 11.1 Å². The average molecular weight is 537 g/mol. The third kappa shape index (κ3) is 3.47. The molecule has 0 radical (unpaired) electrons. The highest BCUT2D eigenvalue weighted by Crippen LogP contribution is 2.44. The fourth-order valence-electron chi connectivity index (χ4n) is 6.09. The number of para-hydroxylation sites is 4. The Morgan fingerprint density at radius 1 is 0.429 bits per heavy atom. The van der Waals surface area contributed by atoms with Gasteiger partial charge in [0, 0.05) is 49.4 Å². The molecule has 2 aromatic heterocycles. The number of hydrogen-bond donors (Lipinski definition) is 0. The highest BCUT2D eigenvalue weighted by molar-refractivity contribution is 6.12. The molecular weight excluding hydrogens is 516 g/mol. The molecule has 0 saturated heterocycles. The minimum atomic E-state index is 0.478. The summed E-state index contributed by atoms with van der Waals surface area (Å²) in [6.45, 7) is 0. The molecule has 0 saturated carbocycles. The second kappa shape index (κ2) is 9.24. The van der Waals surface area contributed by atoms with Crippen LogP contribution in [0.4, 0.5) is 0 Å². The Morgan fingerprint density at radius 3 is 1.57 bits per heavy atom. The van der Waals surface area contributed by atoms with Crippen LogP contribution in [0, 0.1) is 22.7 Å². The van der Waals surface area contributed by atoms with Crippen LogP contribution in [-0.2, 0) is 0 Å². The Morgan fingerprint density at radius 2 is 0.929 bits per heavy atom. The van der Waals surface area contributed by atoms with E-state index >= 15 is 0 Å². The minimum absolute atomic E-state index is 0.478. The Balaban J connectivity index is 1.50. The first-order chi connectivity index (χ1) is 20.7. The van der Waals surface area contributed by atoms with Gasteiger partial charge >= 0.3 is 0 Å². The Bertz CT molecular complexity index is 2450. The molecule has 8 aromatic rings. The number of benzene rings is 6. The fraction of sp³-hybridized carbons (Fsp3) is 0. The van der Waals surface area contributed by atoms with Crippen molar-refractivity contribution in [2.45, 2.75) is 0 Å². The van der Waals surface area contributed by atoms with Gasteiger partial charge in [-0.15, -0.1) is 0 Å². The van der Waals surface area contributed by atoms with Gasteiger partial charge in [-0.05, 0) is 35.9 Å². The van der Waals surface area contributed by atoms with Crippen LogP contribution in [0.5, 0.6) is 0 Å². The van der Waals surface area contributed by atoms with Crippen molar-refractivity contribution in [2.75, 3.05) is 0 Å². The van der Waals surface area contributed by atoms with Crippen molar-refractivity contribution >= 4 is 43.9 Å². The lowest BCUT2D eigenvalue weighted by Crippen LogP contribution is -1.95. The van der Waals surface area contributed by atoms with E-state index < -0.39 is 0 Å². The lowest BCUT2D eigenvalue weighted by molar-refractivity contribution is 0.670. The summed E-state index contributed by atoms with van der Waals surface area (Å²) in [5, 5.41) is 24.7. The molecule has 0 spiro atoms. The molecular formula is C38H20N2O2. The monoisotopic (exact) mass is 536 g/mol. The predicted octanol–water partition coefficient (Wildman–Crippen LogP) is 10.2. The topological polar surface area (TPSA) is 73.9 Å². The summed E-state index contributed by atoms with van der Waals surface area (Å²) >= 11 is 0. The molecule has 0 aliphatic heterocycles. The lowest BCUT2D eigenvalue weighted by atomic mass is 9.86. The van der Waals surface area contributed by atoms with Crippen LogP contribution < -0.4 is 0 Å². The smallest absolute Gasteiger partial charge is 0.143 e. The van der Waals surface area contributed by atoms with Gasteiger partial charge in [-0.2, -0.15) is 10.5 Å². The van der Waals surface area contributed by atoms with Crippen LogP contribution in [0.25, 0.3) is 77.3 Å². The molecule has 0 N–H and O–H groups in total. The molecule has 0 atom stereocenters. The third-order valence-corrected chi connectivity index (χ3v) is 8.00. The van der Waals surface area contributed by atoms with Gasteiger partial charge in [0.2, 0.25) is 0 Å². The molecule has 0 amide bonds. The van der Waals surface area contributed by atoms with Crippen molar-refractivity contribution in [3.8, 4) is 45.5 Å². The van der Waals surface area contributed by atoms with Crippen molar-refractivity contribution in [1.82, 2.24) is 0 Å². The minimum Gasteiger partial charge on any atom is -0.455 e. The summed E-state index contributed by atoms with van der Waals surface area (Å²) < 4.78 is 12.8. The van der Waals surface area contributed by atoms with Crippen LogP contribution >= 0.6 is 0 Å². The quantitative estimate of drug-likeness (QED) is 0.225. The average Bonchev–Trinajstić information content (AvgIpc) is 3.63. The van der Waals surface area contributed by atoms with Gasteiger partial charge in [0.05, 0.1) is 17.2 Å². The molecule has 0 unspecified atom stereocenters. The molecule has 0 aliphatic carbocycles. The van der Waals surface area contributed by atoms with Crippen LogP contribution in [-0.4, -0.2) is 0 Å². The summed E-state index contributed by atoms with van der Waals surface area (Å²) in [5.41, 5.74) is 8.79. The molecule has 8 rings (SSSR count). The molecule has 0 fully saturated rings. The summed E-state index contributed by atoms with van der Waals surface area (Å²) in [5.74, 6) is 0. The van der Waals surface area contributed by atoms with Gasteiger partial charge < -0.3 is 8.83 Å². The number of nitrogens with zero attached hydrogens (tertiary/aromatic N) is 2. The molecule has 194 valence electrons. The first kappa shape index (κ1) is 23.8. The molecule has 2 heterocycles. The summed E-state index contributed by atoms with van der Waals surface area (Å²) in [6.07, 6.45) is 0. The van der Waals surface area contributed by atoms with Crippen LogP contribution in [0.15, 0.2) is 130 Å². The lowest BCUT2D eigenvalue weighted by Gasteiger charge is -2.15. The normalized spacial score (nSPS) is 11.3. The largest absolute Gasteiger partial charge is 0.455 e. The van der Waals surface area contributed by atoms with Gasteiger partial charge in [0.15, 0.2) is 0 Å². The van der Waals surface area contributed by atoms with E-state index in [0.29, 0.717) is 27.8 Å². The maximum absolute atomic E-state index is 10.6. The highest BCUT2D eigenvalue weighted by atomic mass is 16.3. The van der Waals surface area contributed by atoms with Gasteiger partial charge in [-0.25, -0.2) is 0 Å². The molecule has 0 aliphatic rings. The zero-order valence-electron chi connectivity index (χ0n) is 22.3. The third-order valence-electron chi connectivity index (χ3n) is 8.00. The Kier molecular flexibility index (Phi) is 5.22. The van der Waals surface area contributed by atoms with E-state index in [9.17, 15) is 10.5 Å². The van der Waals surface area contributed by atoms with Crippen molar-refractivity contribution in [3.63, 3.8) is 0 Å². The molecule has 6 aromatic carbocycles. The van der Waals surface area contributed by atoms with Crippen molar-refractivity contribution in [1.29, 1.82) is 10.5 Å². The van der Waals surface area contributed by atoms with E-state index in [4.69, 9.17) is 8.83 Å². The van der Waals surface area contributed by atoms with E-state index in [2.05, 4.69) is 24.3 Å². The molecule has 4 nitrogen and oxygen atoms in total. The fourth-order valence-corrected chi connectivity index (χ4v) is 6.09. The molecule has 0 bridgehead atoms. The zero-order chi connectivity index (χ0) is 28.2. The summed E-state index contributed by atoms with van der Waals surface area (Å²) in [7, 11) is 0. The van der Waals surface area contributed by atoms with Crippen LogP contribution in [0.3, 0.4) is 0 Å². The van der Waals surface area contributed by atoms with E-state index in [1.807, 2.05) is 103 Å². The first-order valence-corrected chi connectivity index (χ1v) is 13.6. The van der Waals surface area contributed by atoms with Crippen LogP contribution in [0.2, 0.25) is 0 Å². The molecule has 4 heteroatoms. The Hall–Kier alpha value is -6.10. The van der Waals surface area contributed by atoms with Gasteiger partial charge in [-0.1, -0.05) is 91.0 Å². The van der Waals surface area contributed by atoms with Crippen molar-refractivity contribution in [2.24, 2.45) is 0 Å². The van der Waals surface area contributed by atoms with Crippen molar-refractivity contribution in [3.05, 3.63) is 132 Å². The number of nitriles is 2. The number of furan rings is 2. The summed E-state index contributed by atoms with van der Waals surface area (Å²) in [6, 6.07) is 44.4. The zero-order valence-corrected chi connectivity index (χ0v) is 22.3. The second-order valence-electron chi connectivity index (χ2n) is 10.3. The SMILES string of the molecule is N#Cc1ccccc1-c1cc(-c2cccc3c2oc2ccccc23)cc(-c2cccc3c2oc2ccccc23)c1C#N. The number of hydrogen-bond acceptors (Lipinski definition) is 4. The first-order valence-electron chi connectivity index (χ1n) is 13.6. The Labute approximate surface area is 240 Å². The molecule has 42 heavy (non-hydrogen) atoms. The maximum Gasteiger partial charge on any atom is 0.143 e.